The van der Waals surface area contributed by atoms with Crippen molar-refractivity contribution in [3.8, 4) is 0 Å². The highest BCUT2D eigenvalue weighted by molar-refractivity contribution is 5.91. The third-order valence-electron chi connectivity index (χ3n) is 2.88. The van der Waals surface area contributed by atoms with Crippen molar-refractivity contribution in [2.24, 2.45) is 0 Å². The average molecular weight is 278 g/mol. The second-order valence-corrected chi connectivity index (χ2v) is 5.78. The Balaban J connectivity index is 2.74. The molecule has 0 aliphatic rings. The zero-order valence-corrected chi connectivity index (χ0v) is 12.4. The van der Waals surface area contributed by atoms with Gasteiger partial charge >= 0.3 is 12.0 Å². The van der Waals surface area contributed by atoms with Crippen LogP contribution in [0, 0.1) is 0 Å². The van der Waals surface area contributed by atoms with E-state index in [1.807, 2.05) is 38.1 Å². The molecule has 0 aliphatic carbocycles. The van der Waals surface area contributed by atoms with E-state index in [0.29, 0.717) is 5.92 Å². The van der Waals surface area contributed by atoms with E-state index < -0.39 is 17.5 Å². The van der Waals surface area contributed by atoms with E-state index >= 15 is 0 Å². The van der Waals surface area contributed by atoms with E-state index in [0.717, 1.165) is 11.3 Å². The topological polar surface area (TPSA) is 78.4 Å². The molecule has 5 nitrogen and oxygen atoms in total. The highest BCUT2D eigenvalue weighted by Gasteiger charge is 2.24. The standard InChI is InChI=1S/C15H22N2O3/c1-10(2)11-7-5-6-8-12(11)16-14(20)17-15(3,4)9-13(18)19/h5-8,10H,9H2,1-4H3,(H,18,19)(H2,16,17,20). The third-order valence-corrected chi connectivity index (χ3v) is 2.88. The number of amides is 2. The lowest BCUT2D eigenvalue weighted by Crippen LogP contribution is -2.46. The van der Waals surface area contributed by atoms with Gasteiger partial charge in [0.15, 0.2) is 0 Å². The van der Waals surface area contributed by atoms with Gasteiger partial charge in [0.1, 0.15) is 0 Å². The third kappa shape index (κ3) is 4.91. The van der Waals surface area contributed by atoms with Gasteiger partial charge in [-0.25, -0.2) is 4.79 Å². The first-order chi connectivity index (χ1) is 9.21. The Bertz CT molecular complexity index is 496. The maximum Gasteiger partial charge on any atom is 0.319 e. The van der Waals surface area contributed by atoms with Crippen LogP contribution >= 0.6 is 0 Å². The zero-order chi connectivity index (χ0) is 15.3. The molecule has 5 heteroatoms. The molecule has 0 spiro atoms. The van der Waals surface area contributed by atoms with Gasteiger partial charge in [-0.2, -0.15) is 0 Å². The van der Waals surface area contributed by atoms with Gasteiger partial charge in [0, 0.05) is 11.2 Å². The number of hydrogen-bond donors (Lipinski definition) is 3. The van der Waals surface area contributed by atoms with Crippen molar-refractivity contribution in [1.82, 2.24) is 5.32 Å². The van der Waals surface area contributed by atoms with Gasteiger partial charge in [0.25, 0.3) is 0 Å². The lowest BCUT2D eigenvalue weighted by atomic mass is 10.0. The Morgan fingerprint density at radius 2 is 1.85 bits per heavy atom. The van der Waals surface area contributed by atoms with Crippen molar-refractivity contribution in [2.75, 3.05) is 5.32 Å². The van der Waals surface area contributed by atoms with E-state index in [-0.39, 0.29) is 6.42 Å². The molecule has 0 unspecified atom stereocenters. The lowest BCUT2D eigenvalue weighted by molar-refractivity contribution is -0.138. The molecule has 0 heterocycles. The highest BCUT2D eigenvalue weighted by Crippen LogP contribution is 2.23. The molecule has 3 N–H and O–H groups in total. The lowest BCUT2D eigenvalue weighted by Gasteiger charge is -2.25. The highest BCUT2D eigenvalue weighted by atomic mass is 16.4. The van der Waals surface area contributed by atoms with Crippen LogP contribution in [0.25, 0.3) is 0 Å². The second-order valence-electron chi connectivity index (χ2n) is 5.78. The van der Waals surface area contributed by atoms with Crippen molar-refractivity contribution in [3.63, 3.8) is 0 Å². The number of carboxylic acids is 1. The van der Waals surface area contributed by atoms with Crippen LogP contribution in [0.3, 0.4) is 0 Å². The predicted molar refractivity (Wildman–Crippen MR) is 79.0 cm³/mol. The van der Waals surface area contributed by atoms with E-state index in [4.69, 9.17) is 5.11 Å². The Labute approximate surface area is 119 Å². The molecule has 0 fully saturated rings. The summed E-state index contributed by atoms with van der Waals surface area (Å²) in [5, 5.41) is 14.2. The van der Waals surface area contributed by atoms with Crippen molar-refractivity contribution < 1.29 is 14.7 Å². The van der Waals surface area contributed by atoms with Gasteiger partial charge in [0.05, 0.1) is 6.42 Å². The molecule has 0 atom stereocenters. The molecule has 0 radical (unpaired) electrons. The molecule has 1 aromatic rings. The van der Waals surface area contributed by atoms with Gasteiger partial charge in [-0.3, -0.25) is 4.79 Å². The van der Waals surface area contributed by atoms with Gasteiger partial charge < -0.3 is 15.7 Å². The maximum absolute atomic E-state index is 12.0. The van der Waals surface area contributed by atoms with Crippen LogP contribution in [0.2, 0.25) is 0 Å². The number of benzene rings is 1. The number of rotatable bonds is 5. The van der Waals surface area contributed by atoms with Crippen LogP contribution < -0.4 is 10.6 Å². The van der Waals surface area contributed by atoms with Crippen LogP contribution in [-0.2, 0) is 4.79 Å². The van der Waals surface area contributed by atoms with Crippen LogP contribution in [0.5, 0.6) is 0 Å². The van der Waals surface area contributed by atoms with E-state index in [1.165, 1.54) is 0 Å². The number of carboxylic acid groups (broad SMARTS) is 1. The number of carbonyl (C=O) groups is 2. The number of para-hydroxylation sites is 1. The molecule has 1 aromatic carbocycles. The van der Waals surface area contributed by atoms with Crippen LogP contribution in [0.4, 0.5) is 10.5 Å². The molecule has 0 aliphatic heterocycles. The Morgan fingerprint density at radius 1 is 1.25 bits per heavy atom. The molecule has 1 rings (SSSR count). The van der Waals surface area contributed by atoms with Crippen LogP contribution in [0.15, 0.2) is 24.3 Å². The van der Waals surface area contributed by atoms with Gasteiger partial charge in [-0.05, 0) is 31.4 Å². The fourth-order valence-electron chi connectivity index (χ4n) is 2.00. The van der Waals surface area contributed by atoms with Gasteiger partial charge in [-0.1, -0.05) is 32.0 Å². The number of urea groups is 1. The minimum Gasteiger partial charge on any atom is -0.481 e. The van der Waals surface area contributed by atoms with Crippen LogP contribution in [0.1, 0.15) is 45.6 Å². The molecule has 2 amide bonds. The summed E-state index contributed by atoms with van der Waals surface area (Å²) < 4.78 is 0. The Morgan fingerprint density at radius 3 is 2.40 bits per heavy atom. The molecule has 0 aromatic heterocycles. The normalized spacial score (nSPS) is 11.2. The quantitative estimate of drug-likeness (QED) is 0.774. The first-order valence-electron chi connectivity index (χ1n) is 6.61. The molecule has 0 bridgehead atoms. The maximum atomic E-state index is 12.0. The van der Waals surface area contributed by atoms with E-state index in [2.05, 4.69) is 10.6 Å². The van der Waals surface area contributed by atoms with Crippen molar-refractivity contribution in [2.45, 2.75) is 45.6 Å². The first kappa shape index (κ1) is 16.0. The first-order valence-corrected chi connectivity index (χ1v) is 6.61. The molecular weight excluding hydrogens is 256 g/mol. The number of anilines is 1. The predicted octanol–water partition coefficient (Wildman–Crippen LogP) is 3.18. The van der Waals surface area contributed by atoms with Gasteiger partial charge in [-0.15, -0.1) is 0 Å². The van der Waals surface area contributed by atoms with Crippen LogP contribution in [-0.4, -0.2) is 22.6 Å². The second kappa shape index (κ2) is 6.41. The number of nitrogens with one attached hydrogen (secondary N) is 2. The van der Waals surface area contributed by atoms with Gasteiger partial charge in [0.2, 0.25) is 0 Å². The Kier molecular flexibility index (Phi) is 5.13. The number of carbonyl (C=O) groups excluding carboxylic acids is 1. The minimum absolute atomic E-state index is 0.133. The smallest absolute Gasteiger partial charge is 0.319 e. The summed E-state index contributed by atoms with van der Waals surface area (Å²) in [6, 6.07) is 7.17. The summed E-state index contributed by atoms with van der Waals surface area (Å²) in [5.41, 5.74) is 0.979. The summed E-state index contributed by atoms with van der Waals surface area (Å²) in [6.07, 6.45) is -0.133. The summed E-state index contributed by atoms with van der Waals surface area (Å²) in [7, 11) is 0. The SMILES string of the molecule is CC(C)c1ccccc1NC(=O)NC(C)(C)CC(=O)O. The molecule has 110 valence electrons. The Hall–Kier alpha value is -2.04. The molecular formula is C15H22N2O3. The molecule has 0 saturated carbocycles. The summed E-state index contributed by atoms with van der Waals surface area (Å²) >= 11 is 0. The monoisotopic (exact) mass is 278 g/mol. The number of hydrogen-bond acceptors (Lipinski definition) is 2. The zero-order valence-electron chi connectivity index (χ0n) is 12.4. The average Bonchev–Trinajstić information content (AvgIpc) is 2.26. The summed E-state index contributed by atoms with van der Waals surface area (Å²) in [4.78, 5) is 22.7. The minimum atomic E-state index is -0.946. The number of aliphatic carboxylic acids is 1. The largest absolute Gasteiger partial charge is 0.481 e. The van der Waals surface area contributed by atoms with Crippen molar-refractivity contribution >= 4 is 17.7 Å². The molecule has 20 heavy (non-hydrogen) atoms. The molecule has 0 saturated heterocycles. The fraction of sp³-hybridized carbons (Fsp3) is 0.467. The van der Waals surface area contributed by atoms with Crippen molar-refractivity contribution in [1.29, 1.82) is 0 Å². The van der Waals surface area contributed by atoms with E-state index in [9.17, 15) is 9.59 Å². The fourth-order valence-corrected chi connectivity index (χ4v) is 2.00. The summed E-state index contributed by atoms with van der Waals surface area (Å²) in [6.45, 7) is 7.45. The van der Waals surface area contributed by atoms with E-state index in [1.54, 1.807) is 13.8 Å². The summed E-state index contributed by atoms with van der Waals surface area (Å²) in [5.74, 6) is -0.656. The van der Waals surface area contributed by atoms with Crippen molar-refractivity contribution in [3.05, 3.63) is 29.8 Å².